The van der Waals surface area contributed by atoms with Crippen LogP contribution >= 0.6 is 23.8 Å². The molecule has 0 radical (unpaired) electrons. The van der Waals surface area contributed by atoms with Crippen LogP contribution in [0.25, 0.3) is 11.4 Å². The van der Waals surface area contributed by atoms with Crippen LogP contribution < -0.4 is 0 Å². The molecule has 144 valence electrons. The molecule has 1 aromatic carbocycles. The van der Waals surface area contributed by atoms with Crippen LogP contribution in [0, 0.1) is 4.77 Å². The zero-order valence-electron chi connectivity index (χ0n) is 14.9. The van der Waals surface area contributed by atoms with E-state index < -0.39 is 12.1 Å². The molecule has 1 aromatic heterocycles. The van der Waals surface area contributed by atoms with Gasteiger partial charge < -0.3 is 9.84 Å². The topological polar surface area (TPSA) is 72.5 Å². The molecule has 9 heteroatoms. The lowest BCUT2D eigenvalue weighted by atomic mass is 10.2. The van der Waals surface area contributed by atoms with Crippen molar-refractivity contribution < 1.29 is 14.6 Å². The zero-order chi connectivity index (χ0) is 19.6. The Kier molecular flexibility index (Phi) is 6.11. The Balaban J connectivity index is 1.95. The molecule has 0 unspecified atom stereocenters. The van der Waals surface area contributed by atoms with Crippen LogP contribution in [0.15, 0.2) is 36.9 Å². The molecule has 2 heterocycles. The molecule has 1 N–H and O–H groups in total. The summed E-state index contributed by atoms with van der Waals surface area (Å²) in [6.45, 7) is 4.92. The Morgan fingerprint density at radius 3 is 2.81 bits per heavy atom. The molecule has 0 aliphatic carbocycles. The third-order valence-corrected chi connectivity index (χ3v) is 5.19. The predicted octanol–water partition coefficient (Wildman–Crippen LogP) is 2.49. The smallest absolute Gasteiger partial charge is 0.323 e. The SMILES string of the molecule is C=CCn1c(-c2ccc(Cl)cc2)nn(CN2C[C@H](O)C[C@H]2C(=O)OC)c1=S. The first-order valence-corrected chi connectivity index (χ1v) is 9.27. The number of halogens is 1. The van der Waals surface area contributed by atoms with Gasteiger partial charge in [0, 0.05) is 30.1 Å². The van der Waals surface area contributed by atoms with Gasteiger partial charge in [-0.15, -0.1) is 6.58 Å². The average molecular weight is 409 g/mol. The van der Waals surface area contributed by atoms with Crippen molar-refractivity contribution in [2.75, 3.05) is 13.7 Å². The highest BCUT2D eigenvalue weighted by Gasteiger charge is 2.37. The molecule has 2 atom stereocenters. The zero-order valence-corrected chi connectivity index (χ0v) is 16.5. The monoisotopic (exact) mass is 408 g/mol. The highest BCUT2D eigenvalue weighted by atomic mass is 35.5. The van der Waals surface area contributed by atoms with Crippen LogP contribution in [0.2, 0.25) is 5.02 Å². The molecular formula is C18H21ClN4O3S. The number of hydrogen-bond acceptors (Lipinski definition) is 6. The number of carbonyl (C=O) groups is 1. The number of aliphatic hydroxyl groups excluding tert-OH is 1. The number of ether oxygens (including phenoxy) is 1. The largest absolute Gasteiger partial charge is 0.468 e. The van der Waals surface area contributed by atoms with Crippen molar-refractivity contribution in [1.82, 2.24) is 19.2 Å². The summed E-state index contributed by atoms with van der Waals surface area (Å²) in [6.07, 6.45) is 1.49. The van der Waals surface area contributed by atoms with E-state index in [1.54, 1.807) is 22.9 Å². The first-order valence-electron chi connectivity index (χ1n) is 8.49. The van der Waals surface area contributed by atoms with Gasteiger partial charge in [0.2, 0.25) is 0 Å². The minimum absolute atomic E-state index is 0.278. The summed E-state index contributed by atoms with van der Waals surface area (Å²) in [7, 11) is 1.34. The quantitative estimate of drug-likeness (QED) is 0.450. The molecule has 0 amide bonds. The molecular weight excluding hydrogens is 388 g/mol. The van der Waals surface area contributed by atoms with Crippen LogP contribution in [0.4, 0.5) is 0 Å². The summed E-state index contributed by atoms with van der Waals surface area (Å²) in [4.78, 5) is 13.8. The Labute approximate surface area is 167 Å². The van der Waals surface area contributed by atoms with Crippen LogP contribution in [-0.2, 0) is 22.7 Å². The maximum Gasteiger partial charge on any atom is 0.323 e. The fraction of sp³-hybridized carbons (Fsp3) is 0.389. The molecule has 0 bridgehead atoms. The number of aliphatic hydroxyl groups is 1. The van der Waals surface area contributed by atoms with Crippen molar-refractivity contribution in [2.24, 2.45) is 0 Å². The maximum absolute atomic E-state index is 12.0. The number of hydrogen-bond donors (Lipinski definition) is 1. The van der Waals surface area contributed by atoms with Gasteiger partial charge in [0.15, 0.2) is 10.6 Å². The molecule has 3 rings (SSSR count). The van der Waals surface area contributed by atoms with E-state index in [1.165, 1.54) is 7.11 Å². The maximum atomic E-state index is 12.0. The highest BCUT2D eigenvalue weighted by molar-refractivity contribution is 7.71. The van der Waals surface area contributed by atoms with Gasteiger partial charge in [-0.05, 0) is 36.5 Å². The van der Waals surface area contributed by atoms with Gasteiger partial charge >= 0.3 is 5.97 Å². The first kappa shape index (κ1) is 19.8. The molecule has 1 fully saturated rings. The van der Waals surface area contributed by atoms with Crippen molar-refractivity contribution in [3.05, 3.63) is 46.7 Å². The second-order valence-electron chi connectivity index (χ2n) is 6.35. The number of allylic oxidation sites excluding steroid dienone is 1. The van der Waals surface area contributed by atoms with E-state index in [2.05, 4.69) is 11.7 Å². The fourth-order valence-electron chi connectivity index (χ4n) is 3.23. The van der Waals surface area contributed by atoms with E-state index >= 15 is 0 Å². The second kappa shape index (κ2) is 8.35. The normalized spacial score (nSPS) is 20.0. The summed E-state index contributed by atoms with van der Waals surface area (Å²) in [5.74, 6) is 0.312. The predicted molar refractivity (Wildman–Crippen MR) is 105 cm³/mol. The number of likely N-dealkylation sites (tertiary alicyclic amines) is 1. The Bertz CT molecular complexity index is 893. The minimum Gasteiger partial charge on any atom is -0.468 e. The number of methoxy groups -OCH3 is 1. The number of nitrogens with zero attached hydrogens (tertiary/aromatic N) is 4. The van der Waals surface area contributed by atoms with Crippen LogP contribution in [0.3, 0.4) is 0 Å². The van der Waals surface area contributed by atoms with Crippen molar-refractivity contribution >= 4 is 29.8 Å². The van der Waals surface area contributed by atoms with Crippen LogP contribution in [-0.4, -0.2) is 56.1 Å². The summed E-state index contributed by atoms with van der Waals surface area (Å²) in [5.41, 5.74) is 0.872. The summed E-state index contributed by atoms with van der Waals surface area (Å²) in [5, 5.41) is 15.3. The minimum atomic E-state index is -0.589. The van der Waals surface area contributed by atoms with Crippen LogP contribution in [0.5, 0.6) is 0 Å². The van der Waals surface area contributed by atoms with Gasteiger partial charge in [-0.3, -0.25) is 14.3 Å². The van der Waals surface area contributed by atoms with Gasteiger partial charge in [-0.25, -0.2) is 4.68 Å². The lowest BCUT2D eigenvalue weighted by Crippen LogP contribution is -2.38. The lowest BCUT2D eigenvalue weighted by molar-refractivity contribution is -0.146. The standard InChI is InChI=1S/C18H21ClN4O3S/c1-3-8-22-16(12-4-6-13(19)7-5-12)20-23(18(22)27)11-21-10-14(24)9-15(21)17(25)26-2/h3-7,14-15,24H,1,8-11H2,2H3/t14-,15+/m1/s1. The van der Waals surface area contributed by atoms with Crippen molar-refractivity contribution in [2.45, 2.75) is 31.8 Å². The van der Waals surface area contributed by atoms with E-state index in [4.69, 9.17) is 28.6 Å². The first-order chi connectivity index (χ1) is 12.9. The number of rotatable bonds is 6. The second-order valence-corrected chi connectivity index (χ2v) is 7.15. The van der Waals surface area contributed by atoms with Crippen molar-refractivity contribution in [3.63, 3.8) is 0 Å². The van der Waals surface area contributed by atoms with E-state index in [-0.39, 0.29) is 12.6 Å². The third-order valence-electron chi connectivity index (χ3n) is 4.51. The summed E-state index contributed by atoms with van der Waals surface area (Å²) >= 11 is 11.6. The van der Waals surface area contributed by atoms with Crippen molar-refractivity contribution in [3.8, 4) is 11.4 Å². The third kappa shape index (κ3) is 4.14. The van der Waals surface area contributed by atoms with Gasteiger partial charge in [0.25, 0.3) is 0 Å². The molecule has 27 heavy (non-hydrogen) atoms. The Morgan fingerprint density at radius 2 is 2.19 bits per heavy atom. The van der Waals surface area contributed by atoms with E-state index in [1.807, 2.05) is 21.6 Å². The number of benzene rings is 1. The molecule has 7 nitrogen and oxygen atoms in total. The van der Waals surface area contributed by atoms with Gasteiger partial charge in [0.05, 0.1) is 19.9 Å². The fourth-order valence-corrected chi connectivity index (χ4v) is 3.61. The molecule has 2 aromatic rings. The van der Waals surface area contributed by atoms with E-state index in [0.717, 1.165) is 5.56 Å². The molecule has 1 aliphatic rings. The average Bonchev–Trinajstić information content (AvgIpc) is 3.17. The van der Waals surface area contributed by atoms with Crippen LogP contribution in [0.1, 0.15) is 6.42 Å². The number of β-amino-alcohol motifs (C(OH)–C–C–N with tert-alkyl or cyclic N) is 1. The van der Waals surface area contributed by atoms with E-state index in [0.29, 0.717) is 35.1 Å². The number of carbonyl (C=O) groups excluding carboxylic acids is 1. The summed E-state index contributed by atoms with van der Waals surface area (Å²) < 4.78 is 8.87. The van der Waals surface area contributed by atoms with Crippen molar-refractivity contribution in [1.29, 1.82) is 0 Å². The van der Waals surface area contributed by atoms with E-state index in [9.17, 15) is 9.90 Å². The highest BCUT2D eigenvalue weighted by Crippen LogP contribution is 2.23. The Morgan fingerprint density at radius 1 is 1.48 bits per heavy atom. The molecule has 1 saturated heterocycles. The lowest BCUT2D eigenvalue weighted by Gasteiger charge is -2.21. The summed E-state index contributed by atoms with van der Waals surface area (Å²) in [6, 6.07) is 6.82. The molecule has 0 saturated carbocycles. The molecule has 0 spiro atoms. The Hall–Kier alpha value is -2.00. The molecule has 1 aliphatic heterocycles. The van der Waals surface area contributed by atoms with Gasteiger partial charge in [0.1, 0.15) is 6.04 Å². The van der Waals surface area contributed by atoms with Gasteiger partial charge in [-0.1, -0.05) is 17.7 Å². The number of aromatic nitrogens is 3. The number of esters is 1. The van der Waals surface area contributed by atoms with Gasteiger partial charge in [-0.2, -0.15) is 5.10 Å².